The molecule has 1 amide bonds. The second-order valence-electron chi connectivity index (χ2n) is 7.02. The molecule has 1 aliphatic rings. The SMILES string of the molecule is O=C(O)C[C@@H](NC(=O)OCC1c2ccccc2-c2ccccc21)c1ccc(Br)cn1. The van der Waals surface area contributed by atoms with Gasteiger partial charge in [-0.05, 0) is 50.3 Å². The molecular weight excluding hydrogens is 448 g/mol. The summed E-state index contributed by atoms with van der Waals surface area (Å²) in [5.41, 5.74) is 4.97. The van der Waals surface area contributed by atoms with Crippen LogP contribution < -0.4 is 5.32 Å². The molecule has 1 heterocycles. The Morgan fingerprint density at radius 3 is 2.23 bits per heavy atom. The zero-order valence-electron chi connectivity index (χ0n) is 15.9. The molecule has 3 aromatic rings. The number of hydrogen-bond acceptors (Lipinski definition) is 4. The molecule has 4 rings (SSSR count). The van der Waals surface area contributed by atoms with E-state index in [2.05, 4.69) is 38.4 Å². The molecule has 2 aromatic carbocycles. The maximum absolute atomic E-state index is 12.5. The third-order valence-corrected chi connectivity index (χ3v) is 5.59. The van der Waals surface area contributed by atoms with E-state index in [4.69, 9.17) is 4.74 Å². The summed E-state index contributed by atoms with van der Waals surface area (Å²) in [5, 5.41) is 11.8. The van der Waals surface area contributed by atoms with Gasteiger partial charge in [-0.2, -0.15) is 0 Å². The number of nitrogens with zero attached hydrogens (tertiary/aromatic N) is 1. The van der Waals surface area contributed by atoms with Gasteiger partial charge in [0, 0.05) is 16.6 Å². The van der Waals surface area contributed by atoms with E-state index in [0.717, 1.165) is 26.7 Å². The molecular formula is C23H19BrN2O4. The van der Waals surface area contributed by atoms with Crippen molar-refractivity contribution in [1.29, 1.82) is 0 Å². The molecule has 1 atom stereocenters. The summed E-state index contributed by atoms with van der Waals surface area (Å²) in [6.45, 7) is 0.160. The van der Waals surface area contributed by atoms with Crippen molar-refractivity contribution in [2.24, 2.45) is 0 Å². The van der Waals surface area contributed by atoms with Gasteiger partial charge in [0.1, 0.15) is 6.61 Å². The van der Waals surface area contributed by atoms with Gasteiger partial charge in [0.25, 0.3) is 0 Å². The quantitative estimate of drug-likeness (QED) is 0.539. The number of fused-ring (bicyclic) bond motifs is 3. The van der Waals surface area contributed by atoms with Gasteiger partial charge in [-0.1, -0.05) is 48.5 Å². The monoisotopic (exact) mass is 466 g/mol. The number of hydrogen-bond donors (Lipinski definition) is 2. The Kier molecular flexibility index (Phi) is 5.81. The van der Waals surface area contributed by atoms with Gasteiger partial charge in [0.2, 0.25) is 0 Å². The number of carboxylic acid groups (broad SMARTS) is 1. The zero-order chi connectivity index (χ0) is 21.1. The summed E-state index contributed by atoms with van der Waals surface area (Å²) in [5.74, 6) is -1.10. The largest absolute Gasteiger partial charge is 0.481 e. The van der Waals surface area contributed by atoms with Gasteiger partial charge in [-0.15, -0.1) is 0 Å². The molecule has 30 heavy (non-hydrogen) atoms. The van der Waals surface area contributed by atoms with Crippen LogP contribution in [0.5, 0.6) is 0 Å². The Morgan fingerprint density at radius 1 is 1.03 bits per heavy atom. The van der Waals surface area contributed by atoms with E-state index < -0.39 is 18.1 Å². The smallest absolute Gasteiger partial charge is 0.407 e. The van der Waals surface area contributed by atoms with Gasteiger partial charge in [-0.25, -0.2) is 4.79 Å². The van der Waals surface area contributed by atoms with Crippen LogP contribution >= 0.6 is 15.9 Å². The third-order valence-electron chi connectivity index (χ3n) is 5.12. The van der Waals surface area contributed by atoms with Crippen LogP contribution in [0.15, 0.2) is 71.3 Å². The summed E-state index contributed by atoms with van der Waals surface area (Å²) in [4.78, 5) is 27.9. The number of halogens is 1. The lowest BCUT2D eigenvalue weighted by molar-refractivity contribution is -0.137. The molecule has 0 bridgehead atoms. The second-order valence-corrected chi connectivity index (χ2v) is 7.94. The van der Waals surface area contributed by atoms with Crippen LogP contribution in [0.1, 0.15) is 35.2 Å². The number of carbonyl (C=O) groups excluding carboxylic acids is 1. The van der Waals surface area contributed by atoms with Crippen molar-refractivity contribution in [3.63, 3.8) is 0 Å². The molecule has 2 N–H and O–H groups in total. The van der Waals surface area contributed by atoms with Crippen molar-refractivity contribution in [2.45, 2.75) is 18.4 Å². The molecule has 0 aliphatic heterocycles. The molecule has 0 spiro atoms. The summed E-state index contributed by atoms with van der Waals surface area (Å²) >= 11 is 3.29. The number of pyridine rings is 1. The zero-order valence-corrected chi connectivity index (χ0v) is 17.5. The predicted octanol–water partition coefficient (Wildman–Crippen LogP) is 4.90. The van der Waals surface area contributed by atoms with Crippen molar-refractivity contribution in [3.8, 4) is 11.1 Å². The van der Waals surface area contributed by atoms with E-state index >= 15 is 0 Å². The highest BCUT2D eigenvalue weighted by atomic mass is 79.9. The number of nitrogens with one attached hydrogen (secondary N) is 1. The van der Waals surface area contributed by atoms with E-state index in [1.807, 2.05) is 36.4 Å². The van der Waals surface area contributed by atoms with Crippen molar-refractivity contribution >= 4 is 28.0 Å². The van der Waals surface area contributed by atoms with Crippen LogP contribution in [0.25, 0.3) is 11.1 Å². The van der Waals surface area contributed by atoms with Gasteiger partial charge in [0.15, 0.2) is 0 Å². The Bertz CT molecular complexity index is 1040. The number of ether oxygens (including phenoxy) is 1. The minimum absolute atomic E-state index is 0.0631. The maximum Gasteiger partial charge on any atom is 0.407 e. The van der Waals surface area contributed by atoms with E-state index in [-0.39, 0.29) is 18.9 Å². The Labute approximate surface area is 182 Å². The number of amides is 1. The average Bonchev–Trinajstić information content (AvgIpc) is 3.06. The molecule has 1 aromatic heterocycles. The van der Waals surface area contributed by atoms with Gasteiger partial charge < -0.3 is 15.2 Å². The van der Waals surface area contributed by atoms with Crippen LogP contribution in [0.2, 0.25) is 0 Å². The number of rotatable bonds is 6. The van der Waals surface area contributed by atoms with Crippen LogP contribution in [0.3, 0.4) is 0 Å². The maximum atomic E-state index is 12.5. The van der Waals surface area contributed by atoms with Gasteiger partial charge >= 0.3 is 12.1 Å². The normalized spacial score (nSPS) is 13.2. The molecule has 152 valence electrons. The lowest BCUT2D eigenvalue weighted by atomic mass is 9.98. The standard InChI is InChI=1S/C23H19BrN2O4/c24-14-9-10-20(25-12-14)21(11-22(27)28)26-23(29)30-13-19-17-7-3-1-5-15(17)16-6-2-4-8-18(16)19/h1-10,12,19,21H,11,13H2,(H,26,29)(H,27,28)/t21-/m1/s1. The predicted molar refractivity (Wildman–Crippen MR) is 115 cm³/mol. The van der Waals surface area contributed by atoms with Gasteiger partial charge in [-0.3, -0.25) is 9.78 Å². The fourth-order valence-corrected chi connectivity index (χ4v) is 4.01. The minimum Gasteiger partial charge on any atom is -0.481 e. The van der Waals surface area contributed by atoms with E-state index in [9.17, 15) is 14.7 Å². The molecule has 0 saturated carbocycles. The fraction of sp³-hybridized carbons (Fsp3) is 0.174. The lowest BCUT2D eigenvalue weighted by Gasteiger charge is -2.18. The van der Waals surface area contributed by atoms with Crippen molar-refractivity contribution < 1.29 is 19.4 Å². The first-order valence-electron chi connectivity index (χ1n) is 9.47. The Balaban J connectivity index is 1.47. The number of aromatic nitrogens is 1. The minimum atomic E-state index is -1.04. The summed E-state index contributed by atoms with van der Waals surface area (Å²) in [7, 11) is 0. The van der Waals surface area contributed by atoms with Crippen molar-refractivity contribution in [3.05, 3.63) is 88.2 Å². The number of alkyl carbamates (subject to hydrolysis) is 1. The number of carboxylic acids is 1. The molecule has 0 unspecified atom stereocenters. The topological polar surface area (TPSA) is 88.5 Å². The van der Waals surface area contributed by atoms with Crippen molar-refractivity contribution in [1.82, 2.24) is 10.3 Å². The van der Waals surface area contributed by atoms with Gasteiger partial charge in [0.05, 0.1) is 18.2 Å². The fourth-order valence-electron chi connectivity index (χ4n) is 3.78. The van der Waals surface area contributed by atoms with Crippen LogP contribution in [-0.2, 0) is 9.53 Å². The van der Waals surface area contributed by atoms with E-state index in [0.29, 0.717) is 5.69 Å². The first kappa shape index (κ1) is 20.1. The Hall–Kier alpha value is -3.19. The first-order valence-corrected chi connectivity index (χ1v) is 10.3. The second kappa shape index (κ2) is 8.67. The molecule has 0 radical (unpaired) electrons. The highest BCUT2D eigenvalue weighted by Gasteiger charge is 2.29. The van der Waals surface area contributed by atoms with Crippen LogP contribution in [0.4, 0.5) is 4.79 Å². The molecule has 1 aliphatic carbocycles. The average molecular weight is 467 g/mol. The van der Waals surface area contributed by atoms with E-state index in [1.54, 1.807) is 18.3 Å². The first-order chi connectivity index (χ1) is 14.5. The van der Waals surface area contributed by atoms with E-state index in [1.165, 1.54) is 0 Å². The lowest BCUT2D eigenvalue weighted by Crippen LogP contribution is -2.32. The van der Waals surface area contributed by atoms with Crippen LogP contribution in [-0.4, -0.2) is 28.8 Å². The summed E-state index contributed by atoms with van der Waals surface area (Å²) < 4.78 is 6.28. The summed E-state index contributed by atoms with van der Waals surface area (Å²) in [6.07, 6.45) is 0.593. The highest BCUT2D eigenvalue weighted by molar-refractivity contribution is 9.10. The molecule has 7 heteroatoms. The number of benzene rings is 2. The summed E-state index contributed by atoms with van der Waals surface area (Å²) in [6, 6.07) is 18.8. The number of aliphatic carboxylic acids is 1. The molecule has 6 nitrogen and oxygen atoms in total. The number of carbonyl (C=O) groups is 2. The molecule has 0 fully saturated rings. The van der Waals surface area contributed by atoms with Crippen molar-refractivity contribution in [2.75, 3.05) is 6.61 Å². The Morgan fingerprint density at radius 2 is 1.67 bits per heavy atom. The molecule has 0 saturated heterocycles. The highest BCUT2D eigenvalue weighted by Crippen LogP contribution is 2.44. The van der Waals surface area contributed by atoms with Crippen LogP contribution in [0, 0.1) is 0 Å². The third kappa shape index (κ3) is 4.21.